The van der Waals surface area contributed by atoms with Crippen molar-refractivity contribution in [3.8, 4) is 11.4 Å². The number of carbonyl (C=O) groups is 1. The Morgan fingerprint density at radius 2 is 1.97 bits per heavy atom. The molecule has 0 fully saturated rings. The molecule has 7 heteroatoms. The molecule has 0 atom stereocenters. The maximum atomic E-state index is 13.1. The lowest BCUT2D eigenvalue weighted by Gasteiger charge is -2.13. The van der Waals surface area contributed by atoms with Gasteiger partial charge in [-0.2, -0.15) is 9.50 Å². The fraction of sp³-hybridized carbons (Fsp3) is 0.0909. The fourth-order valence-electron chi connectivity index (χ4n) is 3.60. The van der Waals surface area contributed by atoms with Gasteiger partial charge in [0.15, 0.2) is 5.82 Å². The molecule has 0 bridgehead atoms. The highest BCUT2D eigenvalue weighted by Crippen LogP contribution is 2.35. The number of carbonyl (C=O) groups excluding carboxylic acids is 1. The van der Waals surface area contributed by atoms with Gasteiger partial charge in [0.05, 0.1) is 11.3 Å². The van der Waals surface area contributed by atoms with Gasteiger partial charge in [-0.15, -0.1) is 11.7 Å². The summed E-state index contributed by atoms with van der Waals surface area (Å²) in [6, 6.07) is 15.3. The molecule has 1 aliphatic heterocycles. The number of fused-ring (bicyclic) bond motifs is 2. The van der Waals surface area contributed by atoms with E-state index in [-0.39, 0.29) is 11.5 Å². The first-order valence-corrected chi connectivity index (χ1v) is 9.93. The van der Waals surface area contributed by atoms with Crippen LogP contribution in [0.25, 0.3) is 21.9 Å². The molecular formula is C22H16N4O2S. The standard InChI is InChI=1S/C22H16N4O2S/c1-3-11-25-16-10-5-4-9-15(16)17(20(25)27)18-21(28)26-22(29-18)23-19(24-26)14-8-6-7-13(2)12-14/h3-10,12H,1,11H2,2H3. The number of hydrogen-bond donors (Lipinski definition) is 0. The molecule has 0 N–H and O–H groups in total. The van der Waals surface area contributed by atoms with Gasteiger partial charge in [0, 0.05) is 17.7 Å². The topological polar surface area (TPSA) is 67.6 Å². The Kier molecular flexibility index (Phi) is 3.92. The van der Waals surface area contributed by atoms with Crippen LogP contribution in [0.15, 0.2) is 66.0 Å². The summed E-state index contributed by atoms with van der Waals surface area (Å²) in [6.45, 7) is 6.11. The fourth-order valence-corrected chi connectivity index (χ4v) is 4.60. The largest absolute Gasteiger partial charge is 0.304 e. The normalized spacial score (nSPS) is 15.2. The number of nitrogens with zero attached hydrogens (tertiary/aromatic N) is 4. The van der Waals surface area contributed by atoms with Gasteiger partial charge in [-0.25, -0.2) is 0 Å². The Morgan fingerprint density at radius 1 is 1.14 bits per heavy atom. The van der Waals surface area contributed by atoms with Crippen LogP contribution < -0.4 is 15.0 Å². The Labute approximate surface area is 170 Å². The van der Waals surface area contributed by atoms with E-state index in [9.17, 15) is 9.59 Å². The van der Waals surface area contributed by atoms with Crippen LogP contribution in [0.3, 0.4) is 0 Å². The van der Waals surface area contributed by atoms with Gasteiger partial charge in [0.1, 0.15) is 4.53 Å². The zero-order valence-corrected chi connectivity index (χ0v) is 16.4. The number of benzene rings is 2. The molecule has 0 radical (unpaired) electrons. The second-order valence-corrected chi connectivity index (χ2v) is 7.81. The minimum Gasteiger partial charge on any atom is -0.304 e. The van der Waals surface area contributed by atoms with Crippen molar-refractivity contribution in [1.29, 1.82) is 0 Å². The number of amides is 1. The van der Waals surface area contributed by atoms with Gasteiger partial charge in [0.2, 0.25) is 4.96 Å². The van der Waals surface area contributed by atoms with E-state index in [0.29, 0.717) is 27.4 Å². The molecule has 142 valence electrons. The van der Waals surface area contributed by atoms with Gasteiger partial charge >= 0.3 is 0 Å². The van der Waals surface area contributed by atoms with Crippen LogP contribution in [-0.4, -0.2) is 27.0 Å². The summed E-state index contributed by atoms with van der Waals surface area (Å²) in [5, 5.41) is 4.40. The lowest BCUT2D eigenvalue weighted by Crippen LogP contribution is -2.32. The molecule has 0 saturated carbocycles. The molecule has 6 nitrogen and oxygen atoms in total. The van der Waals surface area contributed by atoms with Crippen molar-refractivity contribution in [2.24, 2.45) is 0 Å². The molecule has 1 aliphatic rings. The quantitative estimate of drug-likeness (QED) is 0.496. The second-order valence-electron chi connectivity index (χ2n) is 6.83. The van der Waals surface area contributed by atoms with E-state index in [4.69, 9.17) is 0 Å². The van der Waals surface area contributed by atoms with Gasteiger partial charge < -0.3 is 4.90 Å². The van der Waals surface area contributed by atoms with E-state index in [1.165, 1.54) is 15.9 Å². The predicted octanol–water partition coefficient (Wildman–Crippen LogP) is 2.58. The van der Waals surface area contributed by atoms with Crippen molar-refractivity contribution in [3.05, 3.63) is 87.2 Å². The number of anilines is 1. The first-order chi connectivity index (χ1) is 14.1. The summed E-state index contributed by atoms with van der Waals surface area (Å²) in [4.78, 5) is 32.8. The second kappa shape index (κ2) is 6.49. The predicted molar refractivity (Wildman–Crippen MR) is 114 cm³/mol. The van der Waals surface area contributed by atoms with Crippen molar-refractivity contribution in [1.82, 2.24) is 14.6 Å². The minimum absolute atomic E-state index is 0.202. The zero-order chi connectivity index (χ0) is 20.1. The maximum absolute atomic E-state index is 13.1. The van der Waals surface area contributed by atoms with Crippen molar-refractivity contribution in [2.75, 3.05) is 11.4 Å². The van der Waals surface area contributed by atoms with Crippen molar-refractivity contribution in [2.45, 2.75) is 6.92 Å². The highest BCUT2D eigenvalue weighted by molar-refractivity contribution is 7.15. The van der Waals surface area contributed by atoms with Crippen molar-refractivity contribution in [3.63, 3.8) is 0 Å². The van der Waals surface area contributed by atoms with E-state index in [0.717, 1.165) is 22.4 Å². The first-order valence-electron chi connectivity index (χ1n) is 9.11. The van der Waals surface area contributed by atoms with E-state index >= 15 is 0 Å². The number of thiazole rings is 1. The highest BCUT2D eigenvalue weighted by Gasteiger charge is 2.33. The Bertz CT molecular complexity index is 1420. The van der Waals surface area contributed by atoms with E-state index in [2.05, 4.69) is 16.7 Å². The van der Waals surface area contributed by atoms with Crippen LogP contribution in [0, 0.1) is 6.92 Å². The molecule has 0 saturated heterocycles. The highest BCUT2D eigenvalue weighted by atomic mass is 32.1. The number of aryl methyl sites for hydroxylation is 1. The van der Waals surface area contributed by atoms with Crippen LogP contribution in [0.4, 0.5) is 5.69 Å². The number of aromatic nitrogens is 3. The molecule has 0 aliphatic carbocycles. The molecule has 0 spiro atoms. The van der Waals surface area contributed by atoms with E-state index in [1.54, 1.807) is 11.0 Å². The van der Waals surface area contributed by atoms with Gasteiger partial charge in [0.25, 0.3) is 11.5 Å². The lowest BCUT2D eigenvalue weighted by atomic mass is 10.1. The first kappa shape index (κ1) is 17.5. The average Bonchev–Trinajstić information content (AvgIpc) is 3.34. The Hall–Kier alpha value is -3.58. The lowest BCUT2D eigenvalue weighted by molar-refractivity contribution is -0.112. The smallest absolute Gasteiger partial charge is 0.291 e. The van der Waals surface area contributed by atoms with Gasteiger partial charge in [-0.05, 0) is 19.1 Å². The molecule has 2 aromatic carbocycles. The molecule has 5 rings (SSSR count). The van der Waals surface area contributed by atoms with Crippen LogP contribution in [-0.2, 0) is 4.79 Å². The van der Waals surface area contributed by atoms with Crippen LogP contribution >= 0.6 is 11.3 Å². The molecular weight excluding hydrogens is 384 g/mol. The van der Waals surface area contributed by atoms with Crippen LogP contribution in [0.2, 0.25) is 0 Å². The SMILES string of the molecule is C=CCN1C(=O)C(=c2sc3nc(-c4cccc(C)c4)nn3c2=O)c2ccccc21. The summed E-state index contributed by atoms with van der Waals surface area (Å²) >= 11 is 1.19. The van der Waals surface area contributed by atoms with Crippen LogP contribution in [0.5, 0.6) is 0 Å². The number of hydrogen-bond acceptors (Lipinski definition) is 5. The Morgan fingerprint density at radius 3 is 2.72 bits per heavy atom. The molecule has 4 aromatic rings. The third-order valence-corrected chi connectivity index (χ3v) is 5.93. The van der Waals surface area contributed by atoms with E-state index in [1.807, 2.05) is 55.5 Å². The number of para-hydroxylation sites is 1. The monoisotopic (exact) mass is 400 g/mol. The van der Waals surface area contributed by atoms with Crippen molar-refractivity contribution < 1.29 is 4.79 Å². The summed E-state index contributed by atoms with van der Waals surface area (Å²) in [7, 11) is 0. The summed E-state index contributed by atoms with van der Waals surface area (Å²) in [6.07, 6.45) is 1.67. The molecule has 3 heterocycles. The van der Waals surface area contributed by atoms with E-state index < -0.39 is 0 Å². The van der Waals surface area contributed by atoms with Gasteiger partial charge in [-0.1, -0.05) is 59.4 Å². The zero-order valence-electron chi connectivity index (χ0n) is 15.6. The van der Waals surface area contributed by atoms with Gasteiger partial charge in [-0.3, -0.25) is 9.59 Å². The van der Waals surface area contributed by atoms with Crippen LogP contribution in [0.1, 0.15) is 11.1 Å². The average molecular weight is 400 g/mol. The molecule has 2 aromatic heterocycles. The Balaban J connectivity index is 1.73. The maximum Gasteiger partial charge on any atom is 0.291 e. The third-order valence-electron chi connectivity index (χ3n) is 4.90. The summed E-state index contributed by atoms with van der Waals surface area (Å²) < 4.78 is 1.65. The molecule has 1 amide bonds. The third kappa shape index (κ3) is 2.62. The summed E-state index contributed by atoms with van der Waals surface area (Å²) in [5.74, 6) is 0.298. The molecule has 0 unspecified atom stereocenters. The summed E-state index contributed by atoms with van der Waals surface area (Å²) in [5.41, 5.74) is 3.56. The number of rotatable bonds is 3. The molecule has 29 heavy (non-hydrogen) atoms. The van der Waals surface area contributed by atoms with Crippen molar-refractivity contribution >= 4 is 33.5 Å². The minimum atomic E-state index is -0.324.